The van der Waals surface area contributed by atoms with Gasteiger partial charge in [0.1, 0.15) is 17.4 Å². The number of aryl methyl sites for hydroxylation is 2. The van der Waals surface area contributed by atoms with E-state index in [0.717, 1.165) is 28.3 Å². The Kier molecular flexibility index (Phi) is 5.01. The van der Waals surface area contributed by atoms with Gasteiger partial charge in [-0.05, 0) is 61.9 Å². The third kappa shape index (κ3) is 3.66. The molecule has 0 aliphatic carbocycles. The Labute approximate surface area is 185 Å². The van der Waals surface area contributed by atoms with Crippen LogP contribution < -0.4 is 4.74 Å². The van der Waals surface area contributed by atoms with E-state index in [1.165, 1.54) is 29.8 Å². The zero-order valence-corrected chi connectivity index (χ0v) is 18.0. The van der Waals surface area contributed by atoms with Crippen LogP contribution in [0.2, 0.25) is 0 Å². The molecule has 0 fully saturated rings. The summed E-state index contributed by atoms with van der Waals surface area (Å²) in [6, 6.07) is 15.9. The van der Waals surface area contributed by atoms with Gasteiger partial charge in [0.15, 0.2) is 6.61 Å². The highest BCUT2D eigenvalue weighted by atomic mass is 19.1. The molecule has 2 aromatic carbocycles. The van der Waals surface area contributed by atoms with Gasteiger partial charge in [-0.15, -0.1) is 0 Å². The number of rotatable bonds is 5. The van der Waals surface area contributed by atoms with E-state index in [2.05, 4.69) is 32.0 Å². The van der Waals surface area contributed by atoms with Gasteiger partial charge < -0.3 is 14.2 Å². The fraction of sp³-hybridized carbons (Fsp3) is 0.200. The van der Waals surface area contributed by atoms with Gasteiger partial charge in [-0.2, -0.15) is 5.10 Å². The predicted octanol–water partition coefficient (Wildman–Crippen LogP) is 4.34. The maximum atomic E-state index is 13.1. The first-order valence-electron chi connectivity index (χ1n) is 10.5. The number of fused-ring (bicyclic) bond motifs is 1. The van der Waals surface area contributed by atoms with Crippen molar-refractivity contribution in [2.24, 2.45) is 0 Å². The van der Waals surface area contributed by atoms with Crippen molar-refractivity contribution < 1.29 is 13.9 Å². The summed E-state index contributed by atoms with van der Waals surface area (Å²) in [6.07, 6.45) is 3.97. The number of halogens is 1. The van der Waals surface area contributed by atoms with E-state index < -0.39 is 0 Å². The molecule has 1 aliphatic heterocycles. The highest BCUT2D eigenvalue weighted by molar-refractivity contribution is 5.78. The van der Waals surface area contributed by atoms with E-state index in [1.54, 1.807) is 4.90 Å². The highest BCUT2D eigenvalue weighted by Gasteiger charge is 2.31. The monoisotopic (exact) mass is 430 g/mol. The third-order valence-corrected chi connectivity index (χ3v) is 5.69. The zero-order chi connectivity index (χ0) is 22.2. The molecule has 32 heavy (non-hydrogen) atoms. The summed E-state index contributed by atoms with van der Waals surface area (Å²) in [5.74, 6) is 0.923. The summed E-state index contributed by atoms with van der Waals surface area (Å²) < 4.78 is 22.6. The first-order valence-corrected chi connectivity index (χ1v) is 10.5. The molecule has 162 valence electrons. The van der Waals surface area contributed by atoms with E-state index in [0.29, 0.717) is 18.8 Å². The molecule has 0 saturated heterocycles. The Morgan fingerprint density at radius 1 is 1.06 bits per heavy atom. The van der Waals surface area contributed by atoms with Gasteiger partial charge in [0.25, 0.3) is 5.91 Å². The summed E-state index contributed by atoms with van der Waals surface area (Å²) in [7, 11) is 0. The van der Waals surface area contributed by atoms with Crippen molar-refractivity contribution in [2.45, 2.75) is 26.9 Å². The average molecular weight is 430 g/mol. The van der Waals surface area contributed by atoms with Crippen LogP contribution in [0, 0.1) is 19.7 Å². The van der Waals surface area contributed by atoms with Crippen LogP contribution in [-0.4, -0.2) is 31.8 Å². The lowest BCUT2D eigenvalue weighted by Gasteiger charge is -2.18. The third-order valence-electron chi connectivity index (χ3n) is 5.69. The second kappa shape index (κ2) is 8.00. The van der Waals surface area contributed by atoms with Crippen molar-refractivity contribution in [3.63, 3.8) is 0 Å². The summed E-state index contributed by atoms with van der Waals surface area (Å²) in [6.45, 7) is 4.93. The summed E-state index contributed by atoms with van der Waals surface area (Å²) in [5.41, 5.74) is 5.26. The molecule has 0 radical (unpaired) electrons. The second-order valence-corrected chi connectivity index (χ2v) is 8.03. The molecule has 6 nitrogen and oxygen atoms in total. The van der Waals surface area contributed by atoms with Crippen molar-refractivity contribution >= 4 is 5.91 Å². The van der Waals surface area contributed by atoms with Crippen LogP contribution in [0.1, 0.15) is 22.4 Å². The molecule has 2 aromatic heterocycles. The van der Waals surface area contributed by atoms with Gasteiger partial charge in [0.05, 0.1) is 24.5 Å². The topological polar surface area (TPSA) is 52.3 Å². The van der Waals surface area contributed by atoms with Crippen molar-refractivity contribution in [3.05, 3.63) is 95.2 Å². The second-order valence-electron chi connectivity index (χ2n) is 8.03. The van der Waals surface area contributed by atoms with E-state index >= 15 is 0 Å². The van der Waals surface area contributed by atoms with Crippen molar-refractivity contribution in [2.75, 3.05) is 6.61 Å². The van der Waals surface area contributed by atoms with Crippen molar-refractivity contribution in [1.29, 1.82) is 0 Å². The van der Waals surface area contributed by atoms with E-state index in [4.69, 9.17) is 9.84 Å². The van der Waals surface area contributed by atoms with Crippen LogP contribution in [0.25, 0.3) is 11.5 Å². The predicted molar refractivity (Wildman–Crippen MR) is 119 cm³/mol. The first-order chi connectivity index (χ1) is 15.5. The lowest BCUT2D eigenvalue weighted by atomic mass is 10.1. The molecule has 0 saturated carbocycles. The van der Waals surface area contributed by atoms with Crippen LogP contribution >= 0.6 is 0 Å². The molecule has 1 aliphatic rings. The Bertz CT molecular complexity index is 1280. The molecule has 0 bridgehead atoms. The fourth-order valence-corrected chi connectivity index (χ4v) is 4.10. The first kappa shape index (κ1) is 20.1. The van der Waals surface area contributed by atoms with E-state index in [1.807, 2.05) is 33.8 Å². The Morgan fingerprint density at radius 3 is 2.53 bits per heavy atom. The molecule has 5 rings (SSSR count). The van der Waals surface area contributed by atoms with Gasteiger partial charge in [0, 0.05) is 18.0 Å². The SMILES string of the molecule is Cc1ccc(-n2nc3c(c2-n2cccc2)CN(C(=O)COc2ccc(F)cc2)C3)c(C)c1. The molecular formula is C25H23FN4O2. The normalized spacial score (nSPS) is 12.8. The lowest BCUT2D eigenvalue weighted by Crippen LogP contribution is -2.31. The minimum Gasteiger partial charge on any atom is -0.484 e. The zero-order valence-electron chi connectivity index (χ0n) is 18.0. The molecule has 0 atom stereocenters. The van der Waals surface area contributed by atoms with Gasteiger partial charge >= 0.3 is 0 Å². The smallest absolute Gasteiger partial charge is 0.261 e. The maximum absolute atomic E-state index is 13.1. The quantitative estimate of drug-likeness (QED) is 0.473. The van der Waals surface area contributed by atoms with Gasteiger partial charge in [-0.25, -0.2) is 9.07 Å². The molecule has 7 heteroatoms. The standard InChI is InChI=1S/C25H23FN4O2/c1-17-5-10-23(18(2)13-17)30-25(28-11-3-4-12-28)21-14-29(15-22(21)27-30)24(31)16-32-20-8-6-19(26)7-9-20/h3-13H,14-16H2,1-2H3. The summed E-state index contributed by atoms with van der Waals surface area (Å²) in [5, 5.41) is 4.89. The highest BCUT2D eigenvalue weighted by Crippen LogP contribution is 2.31. The van der Waals surface area contributed by atoms with Crippen LogP contribution in [0.5, 0.6) is 5.75 Å². The lowest BCUT2D eigenvalue weighted by molar-refractivity contribution is -0.134. The van der Waals surface area contributed by atoms with E-state index in [9.17, 15) is 9.18 Å². The maximum Gasteiger partial charge on any atom is 0.261 e. The van der Waals surface area contributed by atoms with Crippen LogP contribution in [0.15, 0.2) is 67.0 Å². The minimum absolute atomic E-state index is 0.105. The molecule has 1 amide bonds. The largest absolute Gasteiger partial charge is 0.484 e. The number of benzene rings is 2. The van der Waals surface area contributed by atoms with Crippen LogP contribution in [0.3, 0.4) is 0 Å². The summed E-state index contributed by atoms with van der Waals surface area (Å²) >= 11 is 0. The molecule has 0 N–H and O–H groups in total. The number of nitrogens with zero attached hydrogens (tertiary/aromatic N) is 4. The Hall–Kier alpha value is -3.87. The van der Waals surface area contributed by atoms with Gasteiger partial charge in [-0.3, -0.25) is 4.79 Å². The van der Waals surface area contributed by atoms with Crippen LogP contribution in [-0.2, 0) is 17.9 Å². The number of carbonyl (C=O) groups excluding carboxylic acids is 1. The molecular weight excluding hydrogens is 407 g/mol. The van der Waals surface area contributed by atoms with Crippen molar-refractivity contribution in [3.8, 4) is 17.3 Å². The molecule has 4 aromatic rings. The average Bonchev–Trinajstić information content (AvgIpc) is 3.49. The molecule has 3 heterocycles. The van der Waals surface area contributed by atoms with Crippen molar-refractivity contribution in [1.82, 2.24) is 19.2 Å². The minimum atomic E-state index is -0.341. The number of hydrogen-bond acceptors (Lipinski definition) is 3. The number of hydrogen-bond donors (Lipinski definition) is 0. The van der Waals surface area contributed by atoms with Crippen LogP contribution in [0.4, 0.5) is 4.39 Å². The summed E-state index contributed by atoms with van der Waals surface area (Å²) in [4.78, 5) is 14.5. The number of ether oxygens (including phenoxy) is 1. The number of aromatic nitrogens is 3. The van der Waals surface area contributed by atoms with E-state index in [-0.39, 0.29) is 18.3 Å². The Balaban J connectivity index is 1.41. The molecule has 0 unspecified atom stereocenters. The Morgan fingerprint density at radius 2 is 1.81 bits per heavy atom. The van der Waals surface area contributed by atoms with Gasteiger partial charge in [0.2, 0.25) is 0 Å². The number of carbonyl (C=O) groups is 1. The van der Waals surface area contributed by atoms with Gasteiger partial charge in [-0.1, -0.05) is 17.7 Å². The number of amides is 1. The molecule has 0 spiro atoms. The fourth-order valence-electron chi connectivity index (χ4n) is 4.10.